The van der Waals surface area contributed by atoms with Gasteiger partial charge in [0.15, 0.2) is 0 Å². The Kier molecular flexibility index (Phi) is 4.78. The Morgan fingerprint density at radius 3 is 2.94 bits per heavy atom. The van der Waals surface area contributed by atoms with Crippen LogP contribution in [0, 0.1) is 5.92 Å². The Labute approximate surface area is 109 Å². The van der Waals surface area contributed by atoms with E-state index < -0.39 is 0 Å². The van der Waals surface area contributed by atoms with E-state index in [1.165, 1.54) is 6.42 Å². The van der Waals surface area contributed by atoms with Crippen LogP contribution < -0.4 is 5.32 Å². The molecule has 2 aliphatic rings. The third kappa shape index (κ3) is 3.12. The highest BCUT2D eigenvalue weighted by atomic mass is 16.3. The van der Waals surface area contributed by atoms with Gasteiger partial charge in [0.25, 0.3) is 0 Å². The molecule has 1 fully saturated rings. The number of carbonyl (C=O) groups excluding carboxylic acids is 1. The van der Waals surface area contributed by atoms with E-state index >= 15 is 0 Å². The van der Waals surface area contributed by atoms with Gasteiger partial charge < -0.3 is 10.4 Å². The summed E-state index contributed by atoms with van der Waals surface area (Å²) in [6.07, 6.45) is 8.17. The summed E-state index contributed by atoms with van der Waals surface area (Å²) in [6, 6.07) is 0.153. The minimum atomic E-state index is 0.0466. The first-order valence-corrected chi connectivity index (χ1v) is 7.08. The standard InChI is InChI=1S/C14H24N2O2/c1-2-16-8-4-3-5-13(16)14(18)15-12-7-6-11(9-12)10-17/h6-7,11-13,17H,2-5,8-10H2,1H3,(H,15,18)/t11-,12+,13?/m0/s1. The van der Waals surface area contributed by atoms with Crippen molar-refractivity contribution in [3.05, 3.63) is 12.2 Å². The Balaban J connectivity index is 1.85. The number of nitrogens with one attached hydrogen (secondary N) is 1. The number of likely N-dealkylation sites (N-methyl/N-ethyl adjacent to an activating group) is 1. The zero-order chi connectivity index (χ0) is 13.0. The average Bonchev–Trinajstić information content (AvgIpc) is 2.86. The van der Waals surface area contributed by atoms with Crippen LogP contribution in [0.3, 0.4) is 0 Å². The molecule has 18 heavy (non-hydrogen) atoms. The maximum absolute atomic E-state index is 12.3. The van der Waals surface area contributed by atoms with Crippen LogP contribution >= 0.6 is 0 Å². The highest BCUT2D eigenvalue weighted by Gasteiger charge is 2.29. The molecule has 0 aromatic heterocycles. The molecule has 1 saturated heterocycles. The van der Waals surface area contributed by atoms with E-state index in [9.17, 15) is 4.79 Å². The van der Waals surface area contributed by atoms with Gasteiger partial charge in [0.05, 0.1) is 6.04 Å². The molecule has 0 aromatic carbocycles. The molecule has 1 aliphatic carbocycles. The van der Waals surface area contributed by atoms with Gasteiger partial charge in [-0.05, 0) is 32.4 Å². The number of aliphatic hydroxyl groups excluding tert-OH is 1. The Morgan fingerprint density at radius 1 is 1.44 bits per heavy atom. The van der Waals surface area contributed by atoms with E-state index in [-0.39, 0.29) is 30.5 Å². The predicted molar refractivity (Wildman–Crippen MR) is 71.1 cm³/mol. The quantitative estimate of drug-likeness (QED) is 0.731. The van der Waals surface area contributed by atoms with E-state index in [2.05, 4.69) is 17.1 Å². The number of hydrogen-bond acceptors (Lipinski definition) is 3. The average molecular weight is 252 g/mol. The lowest BCUT2D eigenvalue weighted by atomic mass is 10.0. The minimum absolute atomic E-state index is 0.0466. The normalized spacial score (nSPS) is 32.7. The summed E-state index contributed by atoms with van der Waals surface area (Å²) in [4.78, 5) is 14.5. The van der Waals surface area contributed by atoms with Crippen molar-refractivity contribution >= 4 is 5.91 Å². The molecule has 0 bridgehead atoms. The summed E-state index contributed by atoms with van der Waals surface area (Å²) in [5.41, 5.74) is 0. The van der Waals surface area contributed by atoms with Gasteiger partial charge in [-0.2, -0.15) is 0 Å². The number of carbonyl (C=O) groups is 1. The van der Waals surface area contributed by atoms with Crippen molar-refractivity contribution in [2.24, 2.45) is 5.92 Å². The van der Waals surface area contributed by atoms with Gasteiger partial charge in [-0.3, -0.25) is 9.69 Å². The number of nitrogens with zero attached hydrogens (tertiary/aromatic N) is 1. The molecule has 0 radical (unpaired) electrons. The molecule has 1 amide bonds. The van der Waals surface area contributed by atoms with Gasteiger partial charge in [-0.25, -0.2) is 0 Å². The maximum atomic E-state index is 12.3. The highest BCUT2D eigenvalue weighted by Crippen LogP contribution is 2.20. The zero-order valence-corrected chi connectivity index (χ0v) is 11.1. The van der Waals surface area contributed by atoms with E-state index in [1.807, 2.05) is 12.2 Å². The van der Waals surface area contributed by atoms with Crippen molar-refractivity contribution in [1.82, 2.24) is 10.2 Å². The first-order valence-electron chi connectivity index (χ1n) is 7.08. The van der Waals surface area contributed by atoms with E-state index in [0.29, 0.717) is 0 Å². The molecule has 3 atom stereocenters. The number of likely N-dealkylation sites (tertiary alicyclic amines) is 1. The summed E-state index contributed by atoms with van der Waals surface area (Å²) < 4.78 is 0. The fraction of sp³-hybridized carbons (Fsp3) is 0.786. The van der Waals surface area contributed by atoms with Gasteiger partial charge in [0.2, 0.25) is 5.91 Å². The van der Waals surface area contributed by atoms with Crippen molar-refractivity contribution in [1.29, 1.82) is 0 Å². The molecule has 1 aliphatic heterocycles. The molecule has 2 N–H and O–H groups in total. The lowest BCUT2D eigenvalue weighted by Crippen LogP contribution is -2.51. The van der Waals surface area contributed by atoms with Crippen LogP contribution in [0.4, 0.5) is 0 Å². The summed E-state index contributed by atoms with van der Waals surface area (Å²) >= 11 is 0. The van der Waals surface area contributed by atoms with Crippen molar-refractivity contribution in [3.63, 3.8) is 0 Å². The molecule has 4 nitrogen and oxygen atoms in total. The third-order valence-electron chi connectivity index (χ3n) is 4.06. The second kappa shape index (κ2) is 6.34. The van der Waals surface area contributed by atoms with Gasteiger partial charge in [0, 0.05) is 18.6 Å². The zero-order valence-electron chi connectivity index (χ0n) is 11.1. The number of hydrogen-bond donors (Lipinski definition) is 2. The highest BCUT2D eigenvalue weighted by molar-refractivity contribution is 5.82. The molecule has 0 spiro atoms. The Morgan fingerprint density at radius 2 is 2.28 bits per heavy atom. The number of piperidine rings is 1. The van der Waals surface area contributed by atoms with Gasteiger partial charge in [-0.1, -0.05) is 25.5 Å². The van der Waals surface area contributed by atoms with Crippen molar-refractivity contribution in [2.75, 3.05) is 19.7 Å². The van der Waals surface area contributed by atoms with Crippen LogP contribution in [0.1, 0.15) is 32.6 Å². The van der Waals surface area contributed by atoms with Crippen LogP contribution in [0.2, 0.25) is 0 Å². The van der Waals surface area contributed by atoms with Crippen LogP contribution in [0.5, 0.6) is 0 Å². The predicted octanol–water partition coefficient (Wildman–Crippen LogP) is 0.914. The first-order chi connectivity index (χ1) is 8.74. The van der Waals surface area contributed by atoms with E-state index in [1.54, 1.807) is 0 Å². The largest absolute Gasteiger partial charge is 0.396 e. The third-order valence-corrected chi connectivity index (χ3v) is 4.06. The number of rotatable bonds is 4. The summed E-state index contributed by atoms with van der Waals surface area (Å²) in [7, 11) is 0. The molecule has 2 rings (SSSR count). The van der Waals surface area contributed by atoms with Gasteiger partial charge in [0.1, 0.15) is 0 Å². The van der Waals surface area contributed by atoms with Crippen LogP contribution in [-0.4, -0.2) is 47.7 Å². The second-order valence-corrected chi connectivity index (χ2v) is 5.32. The molecule has 102 valence electrons. The minimum Gasteiger partial charge on any atom is -0.396 e. The van der Waals surface area contributed by atoms with Crippen molar-refractivity contribution in [2.45, 2.75) is 44.7 Å². The monoisotopic (exact) mass is 252 g/mol. The molecule has 4 heteroatoms. The summed E-state index contributed by atoms with van der Waals surface area (Å²) in [5.74, 6) is 0.369. The van der Waals surface area contributed by atoms with Crippen LogP contribution in [-0.2, 0) is 4.79 Å². The van der Waals surface area contributed by atoms with E-state index in [4.69, 9.17) is 5.11 Å². The Hall–Kier alpha value is -0.870. The molecule has 1 unspecified atom stereocenters. The molecular weight excluding hydrogens is 228 g/mol. The molecule has 0 saturated carbocycles. The lowest BCUT2D eigenvalue weighted by molar-refractivity contribution is -0.128. The number of amides is 1. The van der Waals surface area contributed by atoms with Crippen molar-refractivity contribution in [3.8, 4) is 0 Å². The molecule has 0 aromatic rings. The maximum Gasteiger partial charge on any atom is 0.237 e. The second-order valence-electron chi connectivity index (χ2n) is 5.32. The smallest absolute Gasteiger partial charge is 0.237 e. The van der Waals surface area contributed by atoms with Crippen molar-refractivity contribution < 1.29 is 9.90 Å². The summed E-state index contributed by atoms with van der Waals surface area (Å²) in [6.45, 7) is 4.27. The summed E-state index contributed by atoms with van der Waals surface area (Å²) in [5, 5.41) is 12.2. The van der Waals surface area contributed by atoms with E-state index in [0.717, 1.165) is 32.4 Å². The fourth-order valence-corrected chi connectivity index (χ4v) is 2.96. The van der Waals surface area contributed by atoms with Crippen LogP contribution in [0.15, 0.2) is 12.2 Å². The first kappa shape index (κ1) is 13.6. The number of aliphatic hydroxyl groups is 1. The molecular formula is C14H24N2O2. The Bertz CT molecular complexity index is 317. The van der Waals surface area contributed by atoms with Gasteiger partial charge >= 0.3 is 0 Å². The van der Waals surface area contributed by atoms with Gasteiger partial charge in [-0.15, -0.1) is 0 Å². The molecule has 1 heterocycles. The lowest BCUT2D eigenvalue weighted by Gasteiger charge is -2.34. The SMILES string of the molecule is CCN1CCCCC1C(=O)N[C@@H]1C=C[C@H](CO)C1. The van der Waals surface area contributed by atoms with Crippen LogP contribution in [0.25, 0.3) is 0 Å². The fourth-order valence-electron chi connectivity index (χ4n) is 2.96. The topological polar surface area (TPSA) is 52.6 Å².